The molecular weight excluding hydrogens is 380 g/mol. The Balaban J connectivity index is 1.22. The van der Waals surface area contributed by atoms with E-state index in [1.165, 1.54) is 0 Å². The van der Waals surface area contributed by atoms with Gasteiger partial charge >= 0.3 is 0 Å². The van der Waals surface area contributed by atoms with E-state index in [-0.39, 0.29) is 24.3 Å². The number of carbonyl (C=O) groups excluding carboxylic acids is 1. The zero-order chi connectivity index (χ0) is 20.5. The van der Waals surface area contributed by atoms with Gasteiger partial charge in [-0.1, -0.05) is 35.5 Å². The van der Waals surface area contributed by atoms with E-state index in [0.29, 0.717) is 0 Å². The fraction of sp³-hybridized carbons (Fsp3) is 0.364. The first-order chi connectivity index (χ1) is 14.7. The standard InChI is InChI=1S/C22H24N6O2/c29-18(14-4-2-1-3-5-14)12-24-22(30)16-8-6-15(7-9-16)19-20-17-10-11-23-21(17)25-13-28(20)27-26-19/h1-5,10-11,13,15-16,18,23,29H,6-9,12H2,(H,24,30)/t15?,16?,18-/m1/s1. The average molecular weight is 404 g/mol. The Morgan fingerprint density at radius 1 is 1.20 bits per heavy atom. The monoisotopic (exact) mass is 404 g/mol. The maximum Gasteiger partial charge on any atom is 0.223 e. The van der Waals surface area contributed by atoms with Crippen LogP contribution in [0.3, 0.4) is 0 Å². The van der Waals surface area contributed by atoms with Gasteiger partial charge in [0, 0.05) is 30.0 Å². The number of amides is 1. The number of aromatic nitrogens is 5. The van der Waals surface area contributed by atoms with Gasteiger partial charge in [-0.3, -0.25) is 4.79 Å². The summed E-state index contributed by atoms with van der Waals surface area (Å²) in [6.45, 7) is 0.233. The number of aliphatic hydroxyl groups is 1. The Bertz CT molecular complexity index is 1160. The molecule has 1 aliphatic rings. The van der Waals surface area contributed by atoms with Crippen molar-refractivity contribution >= 4 is 22.5 Å². The van der Waals surface area contributed by atoms with Crippen LogP contribution in [-0.2, 0) is 4.79 Å². The molecule has 8 nitrogen and oxygen atoms in total. The van der Waals surface area contributed by atoms with Crippen LogP contribution in [0, 0.1) is 5.92 Å². The van der Waals surface area contributed by atoms with Gasteiger partial charge in [-0.2, -0.15) is 0 Å². The first-order valence-corrected chi connectivity index (χ1v) is 10.4. The van der Waals surface area contributed by atoms with E-state index in [1.807, 2.05) is 42.6 Å². The van der Waals surface area contributed by atoms with Crippen molar-refractivity contribution in [1.82, 2.24) is 30.1 Å². The van der Waals surface area contributed by atoms with E-state index in [4.69, 9.17) is 0 Å². The molecule has 5 rings (SSSR count). The van der Waals surface area contributed by atoms with Crippen LogP contribution in [0.4, 0.5) is 0 Å². The molecule has 0 saturated heterocycles. The number of hydrogen-bond donors (Lipinski definition) is 3. The first kappa shape index (κ1) is 18.7. The highest BCUT2D eigenvalue weighted by Crippen LogP contribution is 2.37. The molecule has 1 saturated carbocycles. The summed E-state index contributed by atoms with van der Waals surface area (Å²) in [5, 5.41) is 22.9. The number of benzene rings is 1. The normalized spacial score (nSPS) is 20.4. The van der Waals surface area contributed by atoms with E-state index in [9.17, 15) is 9.90 Å². The van der Waals surface area contributed by atoms with Crippen molar-refractivity contribution in [3.63, 3.8) is 0 Å². The molecule has 1 aliphatic carbocycles. The van der Waals surface area contributed by atoms with Crippen LogP contribution in [0.2, 0.25) is 0 Å². The van der Waals surface area contributed by atoms with Crippen LogP contribution in [0.5, 0.6) is 0 Å². The van der Waals surface area contributed by atoms with Gasteiger partial charge in [-0.05, 0) is 37.3 Å². The molecule has 0 bridgehead atoms. The molecule has 0 unspecified atom stereocenters. The van der Waals surface area contributed by atoms with Gasteiger partial charge in [0.05, 0.1) is 11.8 Å². The maximum atomic E-state index is 12.6. The Labute approximate surface area is 173 Å². The molecule has 4 aromatic rings. The summed E-state index contributed by atoms with van der Waals surface area (Å²) >= 11 is 0. The number of carbonyl (C=O) groups is 1. The van der Waals surface area contributed by atoms with E-state index in [0.717, 1.165) is 53.5 Å². The molecule has 0 radical (unpaired) electrons. The minimum atomic E-state index is -0.688. The highest BCUT2D eigenvalue weighted by atomic mass is 16.3. The van der Waals surface area contributed by atoms with Crippen molar-refractivity contribution in [1.29, 1.82) is 0 Å². The first-order valence-electron chi connectivity index (χ1n) is 10.4. The quantitative estimate of drug-likeness (QED) is 0.474. The second-order valence-corrected chi connectivity index (χ2v) is 7.97. The Hall–Kier alpha value is -3.26. The van der Waals surface area contributed by atoms with Crippen molar-refractivity contribution in [2.45, 2.75) is 37.7 Å². The van der Waals surface area contributed by atoms with Crippen molar-refractivity contribution < 1.29 is 9.90 Å². The highest BCUT2D eigenvalue weighted by molar-refractivity contribution is 5.92. The van der Waals surface area contributed by atoms with Gasteiger partial charge in [0.25, 0.3) is 0 Å². The molecular formula is C22H24N6O2. The molecule has 0 spiro atoms. The van der Waals surface area contributed by atoms with Gasteiger partial charge in [-0.15, -0.1) is 5.10 Å². The molecule has 3 heterocycles. The summed E-state index contributed by atoms with van der Waals surface area (Å²) in [6.07, 6.45) is 6.26. The zero-order valence-electron chi connectivity index (χ0n) is 16.5. The van der Waals surface area contributed by atoms with Crippen LogP contribution < -0.4 is 5.32 Å². The van der Waals surface area contributed by atoms with Gasteiger partial charge in [0.2, 0.25) is 5.91 Å². The van der Waals surface area contributed by atoms with Crippen LogP contribution in [0.1, 0.15) is 49.0 Å². The van der Waals surface area contributed by atoms with Crippen molar-refractivity contribution in [3.05, 3.63) is 60.2 Å². The van der Waals surface area contributed by atoms with Gasteiger partial charge < -0.3 is 15.4 Å². The lowest BCUT2D eigenvalue weighted by Gasteiger charge is -2.27. The third kappa shape index (κ3) is 3.43. The Morgan fingerprint density at radius 3 is 2.80 bits per heavy atom. The number of aliphatic hydroxyl groups excluding tert-OH is 1. The number of rotatable bonds is 5. The van der Waals surface area contributed by atoms with Crippen molar-refractivity contribution in [2.75, 3.05) is 6.54 Å². The number of nitrogens with zero attached hydrogens (tertiary/aromatic N) is 4. The Morgan fingerprint density at radius 2 is 2.00 bits per heavy atom. The fourth-order valence-corrected chi connectivity index (χ4v) is 4.46. The number of aromatic amines is 1. The Kier molecular flexibility index (Phi) is 4.92. The second-order valence-electron chi connectivity index (χ2n) is 7.97. The fourth-order valence-electron chi connectivity index (χ4n) is 4.46. The molecule has 1 atom stereocenters. The number of H-pyrrole nitrogens is 1. The van der Waals surface area contributed by atoms with E-state index in [2.05, 4.69) is 25.6 Å². The lowest BCUT2D eigenvalue weighted by atomic mass is 9.79. The molecule has 154 valence electrons. The minimum Gasteiger partial charge on any atom is -0.387 e. The third-order valence-electron chi connectivity index (χ3n) is 6.14. The van der Waals surface area contributed by atoms with Crippen LogP contribution in [0.25, 0.3) is 16.6 Å². The summed E-state index contributed by atoms with van der Waals surface area (Å²) in [4.78, 5) is 20.1. The topological polar surface area (TPSA) is 108 Å². The summed E-state index contributed by atoms with van der Waals surface area (Å²) in [7, 11) is 0. The summed E-state index contributed by atoms with van der Waals surface area (Å²) in [5.41, 5.74) is 3.63. The molecule has 3 aromatic heterocycles. The molecule has 30 heavy (non-hydrogen) atoms. The van der Waals surface area contributed by atoms with E-state index < -0.39 is 6.10 Å². The largest absolute Gasteiger partial charge is 0.387 e. The van der Waals surface area contributed by atoms with Crippen LogP contribution >= 0.6 is 0 Å². The highest BCUT2D eigenvalue weighted by Gasteiger charge is 2.30. The smallest absolute Gasteiger partial charge is 0.223 e. The second kappa shape index (κ2) is 7.87. The molecule has 0 aliphatic heterocycles. The SMILES string of the molecule is O=C(NC[C@@H](O)c1ccccc1)C1CCC(c2nnn3cnc4[nH]ccc4c23)CC1. The molecule has 1 aromatic carbocycles. The number of fused-ring (bicyclic) bond motifs is 3. The van der Waals surface area contributed by atoms with E-state index in [1.54, 1.807) is 10.8 Å². The van der Waals surface area contributed by atoms with Crippen molar-refractivity contribution in [2.24, 2.45) is 5.92 Å². The van der Waals surface area contributed by atoms with Gasteiger partial charge in [0.15, 0.2) is 0 Å². The summed E-state index contributed by atoms with van der Waals surface area (Å²) < 4.78 is 1.73. The molecule has 3 N–H and O–H groups in total. The van der Waals surface area contributed by atoms with Crippen LogP contribution in [0.15, 0.2) is 48.9 Å². The number of hydrogen-bond acceptors (Lipinski definition) is 5. The van der Waals surface area contributed by atoms with Crippen LogP contribution in [-0.4, -0.2) is 42.4 Å². The molecule has 1 fully saturated rings. The number of nitrogens with one attached hydrogen (secondary N) is 2. The van der Waals surface area contributed by atoms with Gasteiger partial charge in [-0.25, -0.2) is 9.50 Å². The molecule has 8 heteroatoms. The minimum absolute atomic E-state index is 0.0217. The zero-order valence-corrected chi connectivity index (χ0v) is 16.5. The van der Waals surface area contributed by atoms with Gasteiger partial charge in [0.1, 0.15) is 17.5 Å². The molecule has 1 amide bonds. The predicted molar refractivity (Wildman–Crippen MR) is 112 cm³/mol. The summed E-state index contributed by atoms with van der Waals surface area (Å²) in [6, 6.07) is 11.4. The van der Waals surface area contributed by atoms with Crippen molar-refractivity contribution in [3.8, 4) is 0 Å². The maximum absolute atomic E-state index is 12.6. The predicted octanol–water partition coefficient (Wildman–Crippen LogP) is 2.73. The lowest BCUT2D eigenvalue weighted by Crippen LogP contribution is -2.35. The average Bonchev–Trinajstić information content (AvgIpc) is 3.44. The summed E-state index contributed by atoms with van der Waals surface area (Å²) in [5.74, 6) is 0.274. The lowest BCUT2D eigenvalue weighted by molar-refractivity contribution is -0.126. The van der Waals surface area contributed by atoms with E-state index >= 15 is 0 Å². The third-order valence-corrected chi connectivity index (χ3v) is 6.14.